The third-order valence-corrected chi connectivity index (χ3v) is 7.61. The van der Waals surface area contributed by atoms with Gasteiger partial charge in [-0.2, -0.15) is 0 Å². The SMILES string of the molecule is COC(=O)[C@@H]1[C@@H](c2ccc3c(c2)OCO3)c2ccc(O)cc2[C@@]1(O)c1ccc(OC)cc1OCc1ccccc1.[Pr]. The van der Waals surface area contributed by atoms with E-state index in [0.717, 1.165) is 11.1 Å². The number of carbonyl (C=O) groups excluding carboxylic acids is 1. The largest absolute Gasteiger partial charge is 0.508 e. The van der Waals surface area contributed by atoms with E-state index in [1.165, 1.54) is 13.2 Å². The van der Waals surface area contributed by atoms with Crippen LogP contribution in [0.25, 0.3) is 0 Å². The molecular weight excluding hydrogens is 653 g/mol. The minimum atomic E-state index is -1.93. The smallest absolute Gasteiger partial charge is 0.313 e. The maximum absolute atomic E-state index is 13.6. The zero-order chi connectivity index (χ0) is 27.9. The van der Waals surface area contributed by atoms with Crippen molar-refractivity contribution < 1.29 is 80.0 Å². The Morgan fingerprint density at radius 3 is 2.46 bits per heavy atom. The van der Waals surface area contributed by atoms with Crippen molar-refractivity contribution >= 4 is 5.97 Å². The second-order valence-corrected chi connectivity index (χ2v) is 9.77. The predicted octanol–water partition coefficient (Wildman–Crippen LogP) is 4.88. The molecule has 0 fully saturated rings. The Labute approximate surface area is 270 Å². The number of fused-ring (bicyclic) bond motifs is 2. The molecule has 4 aromatic carbocycles. The molecule has 0 amide bonds. The summed E-state index contributed by atoms with van der Waals surface area (Å²) in [4.78, 5) is 13.6. The van der Waals surface area contributed by atoms with Gasteiger partial charge in [0.15, 0.2) is 11.5 Å². The van der Waals surface area contributed by atoms with Crippen molar-refractivity contribution in [3.05, 3.63) is 113 Å². The summed E-state index contributed by atoms with van der Waals surface area (Å²) in [7, 11) is 2.83. The van der Waals surface area contributed by atoms with Crippen LogP contribution in [0.4, 0.5) is 0 Å². The van der Waals surface area contributed by atoms with Gasteiger partial charge in [0.05, 0.1) is 14.2 Å². The number of aromatic hydroxyl groups is 1. The minimum Gasteiger partial charge on any atom is -0.508 e. The van der Waals surface area contributed by atoms with Crippen molar-refractivity contribution in [3.8, 4) is 28.7 Å². The minimum absolute atomic E-state index is 0. The molecule has 8 nitrogen and oxygen atoms in total. The zero-order valence-corrected chi connectivity index (χ0v) is 26.3. The Bertz CT molecular complexity index is 1570. The second-order valence-electron chi connectivity index (χ2n) is 9.77. The number of hydrogen-bond donors (Lipinski definition) is 2. The number of phenolic OH excluding ortho intramolecular Hbond substituents is 1. The molecule has 4 aromatic rings. The first kappa shape index (κ1) is 29.2. The molecule has 41 heavy (non-hydrogen) atoms. The summed E-state index contributed by atoms with van der Waals surface area (Å²) in [5, 5.41) is 23.3. The van der Waals surface area contributed by atoms with Crippen LogP contribution in [0.2, 0.25) is 0 Å². The van der Waals surface area contributed by atoms with E-state index in [-0.39, 0.29) is 60.4 Å². The summed E-state index contributed by atoms with van der Waals surface area (Å²) in [6.45, 7) is 0.324. The van der Waals surface area contributed by atoms with Gasteiger partial charge in [0.25, 0.3) is 0 Å². The number of rotatable bonds is 7. The van der Waals surface area contributed by atoms with Gasteiger partial charge in [-0.1, -0.05) is 42.5 Å². The molecule has 3 atom stereocenters. The van der Waals surface area contributed by atoms with E-state index in [1.807, 2.05) is 42.5 Å². The van der Waals surface area contributed by atoms with E-state index in [2.05, 4.69) is 0 Å². The van der Waals surface area contributed by atoms with Gasteiger partial charge in [0.2, 0.25) is 6.79 Å². The van der Waals surface area contributed by atoms with E-state index in [9.17, 15) is 15.0 Å². The quantitative estimate of drug-likeness (QED) is 0.267. The molecule has 0 spiro atoms. The Morgan fingerprint density at radius 1 is 0.927 bits per heavy atom. The fourth-order valence-corrected chi connectivity index (χ4v) is 5.76. The first-order valence-corrected chi connectivity index (χ1v) is 12.8. The summed E-state index contributed by atoms with van der Waals surface area (Å²) in [5.41, 5.74) is 1.10. The first-order valence-electron chi connectivity index (χ1n) is 12.8. The number of carbonyl (C=O) groups is 1. The van der Waals surface area contributed by atoms with Gasteiger partial charge in [-0.05, 0) is 58.7 Å². The molecule has 0 saturated carbocycles. The van der Waals surface area contributed by atoms with Crippen molar-refractivity contribution in [3.63, 3.8) is 0 Å². The van der Waals surface area contributed by atoms with Crippen LogP contribution < -0.4 is 18.9 Å². The van der Waals surface area contributed by atoms with Crippen LogP contribution in [0.5, 0.6) is 28.7 Å². The molecule has 0 unspecified atom stereocenters. The number of hydrogen-bond acceptors (Lipinski definition) is 8. The van der Waals surface area contributed by atoms with Gasteiger partial charge in [0, 0.05) is 58.8 Å². The normalized spacial score (nSPS) is 20.1. The van der Waals surface area contributed by atoms with E-state index in [1.54, 1.807) is 43.5 Å². The average Bonchev–Trinajstić information content (AvgIpc) is 3.56. The molecule has 0 aromatic heterocycles. The summed E-state index contributed by atoms with van der Waals surface area (Å²) in [5.74, 6) is -0.420. The molecule has 6 rings (SSSR count). The van der Waals surface area contributed by atoms with Gasteiger partial charge in [-0.3, -0.25) is 4.79 Å². The van der Waals surface area contributed by atoms with E-state index in [4.69, 9.17) is 23.7 Å². The van der Waals surface area contributed by atoms with E-state index >= 15 is 0 Å². The third-order valence-electron chi connectivity index (χ3n) is 7.61. The Hall–Kier alpha value is -3.33. The number of benzene rings is 4. The summed E-state index contributed by atoms with van der Waals surface area (Å²) in [6, 6.07) is 24.9. The van der Waals surface area contributed by atoms with Crippen LogP contribution in [0.3, 0.4) is 0 Å². The van der Waals surface area contributed by atoms with Crippen LogP contribution in [-0.4, -0.2) is 37.2 Å². The number of aliphatic hydroxyl groups is 1. The molecule has 1 heterocycles. The Morgan fingerprint density at radius 2 is 1.71 bits per heavy atom. The topological polar surface area (TPSA) is 104 Å². The van der Waals surface area contributed by atoms with Gasteiger partial charge >= 0.3 is 5.97 Å². The molecule has 2 N–H and O–H groups in total. The van der Waals surface area contributed by atoms with Gasteiger partial charge < -0.3 is 33.9 Å². The predicted molar refractivity (Wildman–Crippen MR) is 145 cm³/mol. The van der Waals surface area contributed by atoms with Gasteiger partial charge in [0.1, 0.15) is 35.4 Å². The fourth-order valence-electron chi connectivity index (χ4n) is 5.76. The number of phenols is 1. The van der Waals surface area contributed by atoms with Crippen molar-refractivity contribution in [2.24, 2.45) is 5.92 Å². The van der Waals surface area contributed by atoms with Crippen molar-refractivity contribution in [1.29, 1.82) is 0 Å². The molecule has 9 heteroatoms. The van der Waals surface area contributed by atoms with E-state index in [0.29, 0.717) is 39.7 Å². The summed E-state index contributed by atoms with van der Waals surface area (Å²) < 4.78 is 28.1. The van der Waals surface area contributed by atoms with Gasteiger partial charge in [-0.15, -0.1) is 0 Å². The maximum atomic E-state index is 13.6. The summed E-state index contributed by atoms with van der Waals surface area (Å²) >= 11 is 0. The molecule has 1 aliphatic heterocycles. The third kappa shape index (κ3) is 5.13. The molecule has 0 saturated heterocycles. The first-order chi connectivity index (χ1) is 19.4. The van der Waals surface area contributed by atoms with Crippen molar-refractivity contribution in [2.45, 2.75) is 18.1 Å². The number of esters is 1. The van der Waals surface area contributed by atoms with Gasteiger partial charge in [-0.25, -0.2) is 0 Å². The number of ether oxygens (including phenoxy) is 5. The Balaban J connectivity index is 0.00000337. The molecular formula is C32H28O8Pr. The molecule has 1 radical (unpaired) electrons. The van der Waals surface area contributed by atoms with Crippen molar-refractivity contribution in [2.75, 3.05) is 21.0 Å². The van der Waals surface area contributed by atoms with Crippen LogP contribution in [0.15, 0.2) is 84.9 Å². The van der Waals surface area contributed by atoms with Crippen LogP contribution in [0, 0.1) is 47.2 Å². The Kier molecular flexibility index (Phi) is 8.46. The van der Waals surface area contributed by atoms with E-state index < -0.39 is 23.4 Å². The van der Waals surface area contributed by atoms with Crippen LogP contribution in [0.1, 0.15) is 33.7 Å². The van der Waals surface area contributed by atoms with Crippen LogP contribution >= 0.6 is 0 Å². The monoisotopic (exact) mass is 681 g/mol. The summed E-state index contributed by atoms with van der Waals surface area (Å²) in [6.07, 6.45) is 0. The standard InChI is InChI=1S/C32H28O8.Pr/c1-36-22-10-12-24(27(16-22)38-17-19-6-4-3-5-7-19)32(35)25-15-21(33)9-11-23(25)29(30(32)31(34)37-2)20-8-13-26-28(14-20)40-18-39-26;/h3-16,29-30,33,35H,17-18H2,1-2H3;/t29-,30-,32-;/m0./s1. The average molecular weight is 681 g/mol. The molecule has 2 aliphatic rings. The van der Waals surface area contributed by atoms with Crippen molar-refractivity contribution in [1.82, 2.24) is 0 Å². The maximum Gasteiger partial charge on any atom is 0.313 e. The fraction of sp³-hybridized carbons (Fsp3) is 0.219. The second kappa shape index (κ2) is 11.9. The molecule has 207 valence electrons. The number of methoxy groups -OCH3 is 2. The molecule has 0 bridgehead atoms. The van der Waals surface area contributed by atoms with Crippen LogP contribution in [-0.2, 0) is 21.7 Å². The molecule has 1 aliphatic carbocycles. The zero-order valence-electron chi connectivity index (χ0n) is 22.6.